The zero-order valence-corrected chi connectivity index (χ0v) is 13.5. The maximum absolute atomic E-state index is 11.6. The molecule has 2 N–H and O–H groups in total. The second-order valence-electron chi connectivity index (χ2n) is 6.40. The average Bonchev–Trinajstić information content (AvgIpc) is 2.84. The van der Waals surface area contributed by atoms with Gasteiger partial charge in [0.1, 0.15) is 11.3 Å². The highest BCUT2D eigenvalue weighted by molar-refractivity contribution is 5.98. The minimum Gasteiger partial charge on any atom is -0.477 e. The van der Waals surface area contributed by atoms with Crippen LogP contribution in [0.15, 0.2) is 44.7 Å². The molecule has 25 heavy (non-hydrogen) atoms. The van der Waals surface area contributed by atoms with Crippen molar-refractivity contribution < 1.29 is 19.1 Å². The van der Waals surface area contributed by atoms with E-state index in [-0.39, 0.29) is 17.6 Å². The minimum absolute atomic E-state index is 0.0207. The van der Waals surface area contributed by atoms with E-state index in [2.05, 4.69) is 5.32 Å². The van der Waals surface area contributed by atoms with Crippen LogP contribution in [-0.4, -0.2) is 34.5 Å². The molecule has 2 aliphatic rings. The van der Waals surface area contributed by atoms with Gasteiger partial charge in [0.2, 0.25) is 5.91 Å². The lowest BCUT2D eigenvalue weighted by Gasteiger charge is -2.35. The number of rotatable bonds is 4. The van der Waals surface area contributed by atoms with Crippen LogP contribution in [0.4, 0.5) is 5.69 Å². The lowest BCUT2D eigenvalue weighted by atomic mass is 10.0. The molecule has 1 fully saturated rings. The Kier molecular flexibility index (Phi) is 3.38. The van der Waals surface area contributed by atoms with Gasteiger partial charge in [-0.15, -0.1) is 0 Å². The first kappa shape index (κ1) is 15.4. The fourth-order valence-corrected chi connectivity index (χ4v) is 3.56. The SMILES string of the molecule is Cc1cc(=O)oc2cc(NCC3=C(C(=O)O)N4C(=O)CC4C3)ccc12. The Morgan fingerprint density at radius 1 is 1.32 bits per heavy atom. The van der Waals surface area contributed by atoms with Gasteiger partial charge in [0, 0.05) is 42.2 Å². The Hall–Kier alpha value is -3.09. The number of benzene rings is 1. The average molecular weight is 340 g/mol. The topological polar surface area (TPSA) is 99.8 Å². The van der Waals surface area contributed by atoms with E-state index in [0.717, 1.165) is 16.6 Å². The van der Waals surface area contributed by atoms with Crippen LogP contribution >= 0.6 is 0 Å². The van der Waals surface area contributed by atoms with E-state index in [1.54, 1.807) is 6.07 Å². The van der Waals surface area contributed by atoms with E-state index in [9.17, 15) is 19.5 Å². The molecule has 1 atom stereocenters. The number of hydrogen-bond acceptors (Lipinski definition) is 5. The number of carboxylic acids is 1. The summed E-state index contributed by atoms with van der Waals surface area (Å²) >= 11 is 0. The normalized spacial score (nSPS) is 19.2. The van der Waals surface area contributed by atoms with Crippen molar-refractivity contribution in [1.29, 1.82) is 0 Å². The molecule has 7 heteroatoms. The lowest BCUT2D eigenvalue weighted by molar-refractivity contribution is -0.147. The Morgan fingerprint density at radius 2 is 2.12 bits per heavy atom. The highest BCUT2D eigenvalue weighted by atomic mass is 16.4. The fourth-order valence-electron chi connectivity index (χ4n) is 3.56. The molecule has 0 spiro atoms. The van der Waals surface area contributed by atoms with Gasteiger partial charge in [-0.05, 0) is 36.6 Å². The molecule has 0 radical (unpaired) electrons. The summed E-state index contributed by atoms with van der Waals surface area (Å²) in [6.45, 7) is 2.17. The fraction of sp³-hybridized carbons (Fsp3) is 0.278. The number of nitrogens with zero attached hydrogens (tertiary/aromatic N) is 1. The number of hydrogen-bond donors (Lipinski definition) is 2. The Morgan fingerprint density at radius 3 is 2.84 bits per heavy atom. The number of aryl methyl sites for hydroxylation is 1. The van der Waals surface area contributed by atoms with E-state index >= 15 is 0 Å². The first-order valence-electron chi connectivity index (χ1n) is 8.00. The van der Waals surface area contributed by atoms with Gasteiger partial charge in [0.25, 0.3) is 0 Å². The first-order chi connectivity index (χ1) is 11.9. The standard InChI is InChI=1S/C18H16N2O5/c1-9-4-16(22)25-14-6-11(2-3-13(9)14)19-8-10-5-12-7-15(21)20(12)17(10)18(23)24/h2-4,6,12,19H,5,7-8H2,1H3,(H,23,24). The molecule has 128 valence electrons. The van der Waals surface area contributed by atoms with Crippen LogP contribution in [0.1, 0.15) is 18.4 Å². The molecule has 1 unspecified atom stereocenters. The van der Waals surface area contributed by atoms with Gasteiger partial charge in [-0.25, -0.2) is 9.59 Å². The molecule has 1 amide bonds. The predicted molar refractivity (Wildman–Crippen MR) is 90.2 cm³/mol. The molecule has 3 heterocycles. The van der Waals surface area contributed by atoms with Crippen molar-refractivity contribution in [1.82, 2.24) is 4.90 Å². The van der Waals surface area contributed by atoms with E-state index in [1.807, 2.05) is 19.1 Å². The van der Waals surface area contributed by atoms with Crippen molar-refractivity contribution in [2.45, 2.75) is 25.8 Å². The number of fused-ring (bicyclic) bond motifs is 2. The maximum Gasteiger partial charge on any atom is 0.352 e. The smallest absolute Gasteiger partial charge is 0.352 e. The van der Waals surface area contributed by atoms with Gasteiger partial charge in [0.15, 0.2) is 0 Å². The molecule has 4 rings (SSSR count). The summed E-state index contributed by atoms with van der Waals surface area (Å²) in [5, 5.41) is 13.4. The third-order valence-corrected chi connectivity index (χ3v) is 4.76. The molecule has 0 saturated carbocycles. The Bertz CT molecular complexity index is 1000. The third-order valence-electron chi connectivity index (χ3n) is 4.76. The van der Waals surface area contributed by atoms with E-state index < -0.39 is 11.6 Å². The number of amides is 1. The summed E-state index contributed by atoms with van der Waals surface area (Å²) in [6, 6.07) is 6.85. The molecule has 1 aromatic heterocycles. The summed E-state index contributed by atoms with van der Waals surface area (Å²) in [6.07, 6.45) is 0.975. The number of carboxylic acid groups (broad SMARTS) is 1. The van der Waals surface area contributed by atoms with E-state index in [0.29, 0.717) is 30.5 Å². The highest BCUT2D eigenvalue weighted by Gasteiger charge is 2.47. The zero-order valence-electron chi connectivity index (χ0n) is 13.5. The minimum atomic E-state index is -1.08. The van der Waals surface area contributed by atoms with Crippen molar-refractivity contribution in [2.75, 3.05) is 11.9 Å². The van der Waals surface area contributed by atoms with Crippen LogP contribution in [0.3, 0.4) is 0 Å². The number of nitrogens with one attached hydrogen (secondary N) is 1. The number of β-lactam (4-membered cyclic amide) rings is 1. The van der Waals surface area contributed by atoms with Gasteiger partial charge in [-0.2, -0.15) is 0 Å². The molecule has 0 aliphatic carbocycles. The number of aliphatic carboxylic acids is 1. The molecule has 7 nitrogen and oxygen atoms in total. The number of anilines is 1. The lowest BCUT2D eigenvalue weighted by Crippen LogP contribution is -2.49. The van der Waals surface area contributed by atoms with E-state index in [4.69, 9.17) is 4.42 Å². The van der Waals surface area contributed by atoms with Crippen molar-refractivity contribution in [2.24, 2.45) is 0 Å². The van der Waals surface area contributed by atoms with Crippen LogP contribution < -0.4 is 10.9 Å². The van der Waals surface area contributed by atoms with Crippen molar-refractivity contribution in [3.63, 3.8) is 0 Å². The third kappa shape index (κ3) is 2.48. The van der Waals surface area contributed by atoms with Gasteiger partial charge < -0.3 is 19.7 Å². The van der Waals surface area contributed by atoms with Crippen LogP contribution in [-0.2, 0) is 9.59 Å². The zero-order chi connectivity index (χ0) is 17.7. The predicted octanol–water partition coefficient (Wildman–Crippen LogP) is 1.86. The molecular weight excluding hydrogens is 324 g/mol. The number of carbonyl (C=O) groups excluding carboxylic acids is 1. The van der Waals surface area contributed by atoms with Gasteiger partial charge in [-0.1, -0.05) is 0 Å². The largest absolute Gasteiger partial charge is 0.477 e. The van der Waals surface area contributed by atoms with Crippen molar-refractivity contribution >= 4 is 28.5 Å². The summed E-state index contributed by atoms with van der Waals surface area (Å²) < 4.78 is 5.22. The first-order valence-corrected chi connectivity index (χ1v) is 8.00. The van der Waals surface area contributed by atoms with Crippen LogP contribution in [0.2, 0.25) is 0 Å². The molecule has 1 aromatic carbocycles. The van der Waals surface area contributed by atoms with E-state index in [1.165, 1.54) is 11.0 Å². The molecule has 2 aromatic rings. The van der Waals surface area contributed by atoms with Gasteiger partial charge in [0.05, 0.1) is 0 Å². The second-order valence-corrected chi connectivity index (χ2v) is 6.40. The van der Waals surface area contributed by atoms with Crippen LogP contribution in [0, 0.1) is 6.92 Å². The maximum atomic E-state index is 11.6. The Labute approximate surface area is 142 Å². The van der Waals surface area contributed by atoms with Gasteiger partial charge in [-0.3, -0.25) is 4.79 Å². The quantitative estimate of drug-likeness (QED) is 0.651. The summed E-state index contributed by atoms with van der Waals surface area (Å²) in [5.74, 6) is -1.21. The second kappa shape index (κ2) is 5.47. The molecular formula is C18H16N2O5. The number of carbonyl (C=O) groups is 2. The summed E-state index contributed by atoms with van der Waals surface area (Å²) in [7, 11) is 0. The van der Waals surface area contributed by atoms with Gasteiger partial charge >= 0.3 is 11.6 Å². The summed E-state index contributed by atoms with van der Waals surface area (Å²) in [5.41, 5.74) is 2.43. The van der Waals surface area contributed by atoms with Crippen LogP contribution in [0.25, 0.3) is 11.0 Å². The van der Waals surface area contributed by atoms with Crippen molar-refractivity contribution in [3.8, 4) is 0 Å². The highest BCUT2D eigenvalue weighted by Crippen LogP contribution is 2.38. The Balaban J connectivity index is 1.60. The molecule has 1 saturated heterocycles. The van der Waals surface area contributed by atoms with Crippen molar-refractivity contribution in [3.05, 3.63) is 51.5 Å². The summed E-state index contributed by atoms with van der Waals surface area (Å²) in [4.78, 5) is 36.0. The molecule has 2 aliphatic heterocycles. The monoisotopic (exact) mass is 340 g/mol. The molecule has 0 bridgehead atoms. The van der Waals surface area contributed by atoms with Crippen LogP contribution in [0.5, 0.6) is 0 Å².